The zero-order chi connectivity index (χ0) is 17.8. The van der Waals surface area contributed by atoms with E-state index in [1.807, 2.05) is 18.2 Å². The van der Waals surface area contributed by atoms with E-state index in [2.05, 4.69) is 10.6 Å². The molecular weight excluding hydrogens is 350 g/mol. The van der Waals surface area contributed by atoms with Crippen LogP contribution >= 0.6 is 12.4 Å². The second-order valence-corrected chi connectivity index (χ2v) is 7.52. The molecular formula is C20H30ClN3O2. The van der Waals surface area contributed by atoms with Crippen molar-refractivity contribution in [2.45, 2.75) is 44.6 Å². The predicted octanol–water partition coefficient (Wildman–Crippen LogP) is 2.28. The summed E-state index contributed by atoms with van der Waals surface area (Å²) >= 11 is 0. The second kappa shape index (κ2) is 9.38. The Morgan fingerprint density at radius 2 is 1.88 bits per heavy atom. The highest BCUT2D eigenvalue weighted by Crippen LogP contribution is 2.41. The SMILES string of the molecule is CNC(=O)c1cccc(CCNC(=O)C2CC3CCCC(C2)C3N)c1.Cl. The quantitative estimate of drug-likeness (QED) is 0.733. The smallest absolute Gasteiger partial charge is 0.251 e. The van der Waals surface area contributed by atoms with E-state index in [4.69, 9.17) is 5.73 Å². The van der Waals surface area contributed by atoms with Crippen molar-refractivity contribution in [2.24, 2.45) is 23.5 Å². The fourth-order valence-electron chi connectivity index (χ4n) is 4.49. The Labute approximate surface area is 161 Å². The van der Waals surface area contributed by atoms with Gasteiger partial charge in [0.1, 0.15) is 0 Å². The summed E-state index contributed by atoms with van der Waals surface area (Å²) in [6.07, 6.45) is 6.22. The third-order valence-corrected chi connectivity index (χ3v) is 5.91. The average Bonchev–Trinajstić information content (AvgIpc) is 2.61. The molecule has 2 bridgehead atoms. The summed E-state index contributed by atoms with van der Waals surface area (Å²) in [5.41, 5.74) is 8.02. The minimum Gasteiger partial charge on any atom is -0.356 e. The van der Waals surface area contributed by atoms with Gasteiger partial charge >= 0.3 is 0 Å². The lowest BCUT2D eigenvalue weighted by Gasteiger charge is -2.43. The number of carbonyl (C=O) groups is 2. The molecule has 3 rings (SSSR count). The van der Waals surface area contributed by atoms with Crippen molar-refractivity contribution >= 4 is 24.2 Å². The summed E-state index contributed by atoms with van der Waals surface area (Å²) in [4.78, 5) is 24.2. The Morgan fingerprint density at radius 1 is 1.19 bits per heavy atom. The van der Waals surface area contributed by atoms with Gasteiger partial charge in [-0.25, -0.2) is 0 Å². The minimum absolute atomic E-state index is 0. The van der Waals surface area contributed by atoms with E-state index in [-0.39, 0.29) is 30.1 Å². The molecule has 4 N–H and O–H groups in total. The van der Waals surface area contributed by atoms with Crippen molar-refractivity contribution in [3.63, 3.8) is 0 Å². The highest BCUT2D eigenvalue weighted by Gasteiger charge is 2.40. The van der Waals surface area contributed by atoms with Crippen LogP contribution in [0.1, 0.15) is 48.0 Å². The monoisotopic (exact) mass is 379 g/mol. The molecule has 144 valence electrons. The maximum Gasteiger partial charge on any atom is 0.251 e. The molecule has 2 saturated carbocycles. The van der Waals surface area contributed by atoms with Crippen LogP contribution in [-0.2, 0) is 11.2 Å². The molecule has 0 aliphatic heterocycles. The molecule has 2 fully saturated rings. The molecule has 2 amide bonds. The first-order valence-corrected chi connectivity index (χ1v) is 9.42. The van der Waals surface area contributed by atoms with Crippen LogP contribution in [0.15, 0.2) is 24.3 Å². The van der Waals surface area contributed by atoms with E-state index in [1.165, 1.54) is 19.3 Å². The summed E-state index contributed by atoms with van der Waals surface area (Å²) in [6.45, 7) is 0.605. The van der Waals surface area contributed by atoms with Gasteiger partial charge in [-0.05, 0) is 61.6 Å². The number of carbonyl (C=O) groups excluding carboxylic acids is 2. The molecule has 2 atom stereocenters. The zero-order valence-corrected chi connectivity index (χ0v) is 16.2. The third-order valence-electron chi connectivity index (χ3n) is 5.91. The molecule has 26 heavy (non-hydrogen) atoms. The van der Waals surface area contributed by atoms with Gasteiger partial charge in [-0.2, -0.15) is 0 Å². The fourth-order valence-corrected chi connectivity index (χ4v) is 4.49. The van der Waals surface area contributed by atoms with Crippen molar-refractivity contribution in [2.75, 3.05) is 13.6 Å². The molecule has 1 aromatic carbocycles. The summed E-state index contributed by atoms with van der Waals surface area (Å²) in [5, 5.41) is 5.72. The van der Waals surface area contributed by atoms with Crippen LogP contribution < -0.4 is 16.4 Å². The van der Waals surface area contributed by atoms with Gasteiger partial charge < -0.3 is 16.4 Å². The van der Waals surface area contributed by atoms with Gasteiger partial charge in [-0.1, -0.05) is 18.6 Å². The topological polar surface area (TPSA) is 84.2 Å². The van der Waals surface area contributed by atoms with Gasteiger partial charge in [0.05, 0.1) is 0 Å². The van der Waals surface area contributed by atoms with Crippen LogP contribution in [0.5, 0.6) is 0 Å². The van der Waals surface area contributed by atoms with Gasteiger partial charge in [0.25, 0.3) is 5.91 Å². The van der Waals surface area contributed by atoms with Crippen molar-refractivity contribution in [1.29, 1.82) is 0 Å². The van der Waals surface area contributed by atoms with Gasteiger partial charge in [0.2, 0.25) is 5.91 Å². The standard InChI is InChI=1S/C20H29N3O2.ClH/c1-22-19(24)16-7-2-4-13(10-16)8-9-23-20(25)17-11-14-5-3-6-15(12-17)18(14)21;/h2,4,7,10,14-15,17-18H,3,5-6,8-9,11-12,21H2,1H3,(H,22,24)(H,23,25);1H. The summed E-state index contributed by atoms with van der Waals surface area (Å²) < 4.78 is 0. The number of fused-ring (bicyclic) bond motifs is 2. The number of rotatable bonds is 5. The zero-order valence-electron chi connectivity index (χ0n) is 15.4. The van der Waals surface area contributed by atoms with Gasteiger partial charge in [-0.3, -0.25) is 9.59 Å². The molecule has 0 radical (unpaired) electrons. The lowest BCUT2D eigenvalue weighted by molar-refractivity contribution is -0.127. The molecule has 2 aliphatic carbocycles. The highest BCUT2D eigenvalue weighted by atomic mass is 35.5. The molecule has 2 aliphatic rings. The normalized spacial score (nSPS) is 27.2. The molecule has 0 heterocycles. The van der Waals surface area contributed by atoms with Gasteiger partial charge in [-0.15, -0.1) is 12.4 Å². The highest BCUT2D eigenvalue weighted by molar-refractivity contribution is 5.94. The summed E-state index contributed by atoms with van der Waals surface area (Å²) in [6, 6.07) is 7.85. The first-order valence-electron chi connectivity index (χ1n) is 9.42. The van der Waals surface area contributed by atoms with Crippen LogP contribution in [0.2, 0.25) is 0 Å². The first-order chi connectivity index (χ1) is 12.1. The van der Waals surface area contributed by atoms with E-state index in [9.17, 15) is 9.59 Å². The van der Waals surface area contributed by atoms with Crippen molar-refractivity contribution in [3.8, 4) is 0 Å². The van der Waals surface area contributed by atoms with Crippen molar-refractivity contribution < 1.29 is 9.59 Å². The van der Waals surface area contributed by atoms with Gasteiger partial charge in [0, 0.05) is 31.1 Å². The molecule has 0 saturated heterocycles. The molecule has 2 unspecified atom stereocenters. The second-order valence-electron chi connectivity index (χ2n) is 7.52. The van der Waals surface area contributed by atoms with Crippen LogP contribution in [0.4, 0.5) is 0 Å². The predicted molar refractivity (Wildman–Crippen MR) is 105 cm³/mol. The molecule has 6 heteroatoms. The molecule has 1 aromatic rings. The van der Waals surface area contributed by atoms with Crippen LogP contribution in [0.3, 0.4) is 0 Å². The summed E-state index contributed by atoms with van der Waals surface area (Å²) in [5.74, 6) is 1.24. The number of hydrogen-bond acceptors (Lipinski definition) is 3. The summed E-state index contributed by atoms with van der Waals surface area (Å²) in [7, 11) is 1.63. The van der Waals surface area contributed by atoms with E-state index >= 15 is 0 Å². The van der Waals surface area contributed by atoms with Gasteiger partial charge in [0.15, 0.2) is 0 Å². The Morgan fingerprint density at radius 3 is 2.54 bits per heavy atom. The van der Waals surface area contributed by atoms with E-state index in [0.717, 1.165) is 24.8 Å². The number of hydrogen-bond donors (Lipinski definition) is 3. The van der Waals surface area contributed by atoms with Crippen LogP contribution in [-0.4, -0.2) is 31.4 Å². The third kappa shape index (κ3) is 4.77. The van der Waals surface area contributed by atoms with Crippen molar-refractivity contribution in [3.05, 3.63) is 35.4 Å². The lowest BCUT2D eigenvalue weighted by Crippen LogP contribution is -2.49. The number of benzene rings is 1. The number of nitrogens with one attached hydrogen (secondary N) is 2. The Kier molecular flexibility index (Phi) is 7.47. The van der Waals surface area contributed by atoms with Crippen molar-refractivity contribution in [1.82, 2.24) is 10.6 Å². The van der Waals surface area contributed by atoms with E-state index in [0.29, 0.717) is 30.0 Å². The van der Waals surface area contributed by atoms with E-state index in [1.54, 1.807) is 13.1 Å². The maximum absolute atomic E-state index is 12.5. The molecule has 0 spiro atoms. The first kappa shape index (κ1) is 20.7. The number of nitrogens with two attached hydrogens (primary N) is 1. The number of amides is 2. The molecule has 0 aromatic heterocycles. The Balaban J connectivity index is 0.00000243. The van der Waals surface area contributed by atoms with E-state index < -0.39 is 0 Å². The molecule has 5 nitrogen and oxygen atoms in total. The van der Waals surface area contributed by atoms with Crippen LogP contribution in [0, 0.1) is 17.8 Å². The average molecular weight is 380 g/mol. The fraction of sp³-hybridized carbons (Fsp3) is 0.600. The minimum atomic E-state index is -0.0871. The largest absolute Gasteiger partial charge is 0.356 e. The lowest BCUT2D eigenvalue weighted by atomic mass is 9.65. The van der Waals surface area contributed by atoms with Crippen LogP contribution in [0.25, 0.3) is 0 Å². The Bertz CT molecular complexity index is 623. The Hall–Kier alpha value is -1.59. The maximum atomic E-state index is 12.5. The number of halogens is 1.